The lowest BCUT2D eigenvalue weighted by Gasteiger charge is -2.10. The number of nitrogens with zero attached hydrogens (tertiary/aromatic N) is 2. The number of nitrogens with one attached hydrogen (secondary N) is 1. The van der Waals surface area contributed by atoms with Crippen molar-refractivity contribution in [2.45, 2.75) is 0 Å². The molecule has 0 atom stereocenters. The second-order valence-electron chi connectivity index (χ2n) is 3.75. The summed E-state index contributed by atoms with van der Waals surface area (Å²) in [5.74, 6) is 2.71. The minimum absolute atomic E-state index is 0.402. The molecule has 0 saturated heterocycles. The number of methoxy groups -OCH3 is 2. The van der Waals surface area contributed by atoms with Gasteiger partial charge in [-0.25, -0.2) is 4.98 Å². The van der Waals surface area contributed by atoms with E-state index in [1.807, 2.05) is 0 Å². The molecule has 0 unspecified atom stereocenters. The third-order valence-corrected chi connectivity index (χ3v) is 3.02. The van der Waals surface area contributed by atoms with E-state index >= 15 is 0 Å². The van der Waals surface area contributed by atoms with Crippen LogP contribution in [0.15, 0.2) is 28.9 Å². The number of anilines is 1. The number of benzene rings is 1. The molecule has 0 aliphatic carbocycles. The summed E-state index contributed by atoms with van der Waals surface area (Å²) in [5, 5.41) is 2.85. The molecular formula is C13H14BrN3O3. The highest BCUT2D eigenvalue weighted by Crippen LogP contribution is 2.33. The van der Waals surface area contributed by atoms with Gasteiger partial charge in [0.25, 0.3) is 0 Å². The molecule has 1 heterocycles. The highest BCUT2D eigenvalue weighted by atomic mass is 79.9. The first-order valence-electron chi connectivity index (χ1n) is 5.77. The summed E-state index contributed by atoms with van der Waals surface area (Å²) in [6, 6.07) is 5.26. The Morgan fingerprint density at radius 1 is 1.05 bits per heavy atom. The fourth-order valence-corrected chi connectivity index (χ4v) is 1.77. The summed E-state index contributed by atoms with van der Waals surface area (Å²) in [5.41, 5.74) is 0. The van der Waals surface area contributed by atoms with Crippen molar-refractivity contribution in [1.29, 1.82) is 0 Å². The molecular weight excluding hydrogens is 326 g/mol. The van der Waals surface area contributed by atoms with Crippen molar-refractivity contribution in [3.63, 3.8) is 0 Å². The lowest BCUT2D eigenvalue weighted by molar-refractivity contribution is 0.384. The summed E-state index contributed by atoms with van der Waals surface area (Å²) in [6.45, 7) is 0. The van der Waals surface area contributed by atoms with Gasteiger partial charge in [-0.2, -0.15) is 4.98 Å². The molecule has 0 radical (unpaired) electrons. The largest absolute Gasteiger partial charge is 0.496 e. The van der Waals surface area contributed by atoms with Crippen molar-refractivity contribution in [2.75, 3.05) is 26.6 Å². The number of rotatable bonds is 5. The van der Waals surface area contributed by atoms with Crippen LogP contribution in [0.4, 0.5) is 5.95 Å². The number of halogens is 1. The zero-order chi connectivity index (χ0) is 14.5. The molecule has 0 spiro atoms. The van der Waals surface area contributed by atoms with Gasteiger partial charge >= 0.3 is 0 Å². The Morgan fingerprint density at radius 3 is 2.20 bits per heavy atom. The first-order chi connectivity index (χ1) is 9.66. The second kappa shape index (κ2) is 6.42. The maximum atomic E-state index is 5.74. The van der Waals surface area contributed by atoms with Crippen molar-refractivity contribution in [1.82, 2.24) is 9.97 Å². The van der Waals surface area contributed by atoms with Gasteiger partial charge in [-0.3, -0.25) is 0 Å². The first-order valence-corrected chi connectivity index (χ1v) is 6.56. The lowest BCUT2D eigenvalue weighted by Crippen LogP contribution is -1.99. The van der Waals surface area contributed by atoms with Crippen LogP contribution in [0.3, 0.4) is 0 Å². The summed E-state index contributed by atoms with van der Waals surface area (Å²) >= 11 is 3.35. The van der Waals surface area contributed by atoms with Gasteiger partial charge in [-0.1, -0.05) is 0 Å². The maximum absolute atomic E-state index is 5.74. The van der Waals surface area contributed by atoms with E-state index in [9.17, 15) is 0 Å². The summed E-state index contributed by atoms with van der Waals surface area (Å²) < 4.78 is 16.8. The van der Waals surface area contributed by atoms with Crippen LogP contribution in [0.1, 0.15) is 0 Å². The molecule has 2 rings (SSSR count). The van der Waals surface area contributed by atoms with Crippen molar-refractivity contribution in [3.05, 3.63) is 28.9 Å². The van der Waals surface area contributed by atoms with Gasteiger partial charge in [0.2, 0.25) is 11.8 Å². The monoisotopic (exact) mass is 339 g/mol. The first kappa shape index (κ1) is 14.4. The molecule has 20 heavy (non-hydrogen) atoms. The molecule has 1 N–H and O–H groups in total. The van der Waals surface area contributed by atoms with Crippen LogP contribution >= 0.6 is 15.9 Å². The van der Waals surface area contributed by atoms with E-state index in [0.717, 1.165) is 0 Å². The van der Waals surface area contributed by atoms with E-state index in [4.69, 9.17) is 14.2 Å². The van der Waals surface area contributed by atoms with Crippen molar-refractivity contribution < 1.29 is 14.2 Å². The van der Waals surface area contributed by atoms with E-state index in [1.54, 1.807) is 45.7 Å². The van der Waals surface area contributed by atoms with E-state index in [1.165, 1.54) is 0 Å². The van der Waals surface area contributed by atoms with Crippen molar-refractivity contribution in [2.24, 2.45) is 0 Å². The second-order valence-corrected chi connectivity index (χ2v) is 4.60. The number of aromatic nitrogens is 2. The molecule has 0 aliphatic rings. The average molecular weight is 340 g/mol. The van der Waals surface area contributed by atoms with Crippen LogP contribution < -0.4 is 19.5 Å². The van der Waals surface area contributed by atoms with E-state index in [-0.39, 0.29) is 0 Å². The van der Waals surface area contributed by atoms with Crippen LogP contribution in [0.25, 0.3) is 0 Å². The predicted octanol–water partition coefficient (Wildman–Crippen LogP) is 3.09. The van der Waals surface area contributed by atoms with Gasteiger partial charge < -0.3 is 19.5 Å². The third kappa shape index (κ3) is 3.30. The van der Waals surface area contributed by atoms with Gasteiger partial charge in [0, 0.05) is 25.2 Å². The molecule has 0 bridgehead atoms. The Hall–Kier alpha value is -2.02. The Bertz CT molecular complexity index is 585. The third-order valence-electron chi connectivity index (χ3n) is 2.48. The van der Waals surface area contributed by atoms with Gasteiger partial charge in [-0.05, 0) is 15.9 Å². The molecule has 106 valence electrons. The quantitative estimate of drug-likeness (QED) is 0.902. The zero-order valence-corrected chi connectivity index (χ0v) is 12.9. The normalized spacial score (nSPS) is 10.0. The van der Waals surface area contributed by atoms with Crippen LogP contribution in [-0.4, -0.2) is 31.2 Å². The zero-order valence-electron chi connectivity index (χ0n) is 11.3. The van der Waals surface area contributed by atoms with E-state index in [2.05, 4.69) is 31.2 Å². The number of ether oxygens (including phenoxy) is 3. The topological polar surface area (TPSA) is 65.5 Å². The number of hydrogen-bond acceptors (Lipinski definition) is 6. The fourth-order valence-electron chi connectivity index (χ4n) is 1.50. The molecule has 7 heteroatoms. The molecule has 0 aliphatic heterocycles. The highest BCUT2D eigenvalue weighted by Gasteiger charge is 2.09. The minimum atomic E-state index is 0.402. The van der Waals surface area contributed by atoms with Gasteiger partial charge in [0.05, 0.1) is 24.9 Å². The average Bonchev–Trinajstić information content (AvgIpc) is 2.49. The predicted molar refractivity (Wildman–Crippen MR) is 78.9 cm³/mol. The molecule has 0 fully saturated rings. The smallest absolute Gasteiger partial charge is 0.238 e. The van der Waals surface area contributed by atoms with E-state index < -0.39 is 0 Å². The minimum Gasteiger partial charge on any atom is -0.496 e. The van der Waals surface area contributed by atoms with Crippen LogP contribution in [0.2, 0.25) is 0 Å². The van der Waals surface area contributed by atoms with E-state index in [0.29, 0.717) is 33.5 Å². The maximum Gasteiger partial charge on any atom is 0.238 e. The summed E-state index contributed by atoms with van der Waals surface area (Å²) in [4.78, 5) is 8.29. The van der Waals surface area contributed by atoms with Crippen molar-refractivity contribution in [3.8, 4) is 23.1 Å². The van der Waals surface area contributed by atoms with Gasteiger partial charge in [-0.15, -0.1) is 0 Å². The van der Waals surface area contributed by atoms with Gasteiger partial charge in [0.15, 0.2) is 0 Å². The molecule has 0 saturated carbocycles. The fraction of sp³-hybridized carbons (Fsp3) is 0.231. The van der Waals surface area contributed by atoms with Crippen LogP contribution in [0.5, 0.6) is 23.1 Å². The van der Waals surface area contributed by atoms with Crippen molar-refractivity contribution >= 4 is 21.9 Å². The van der Waals surface area contributed by atoms with Crippen LogP contribution in [-0.2, 0) is 0 Å². The lowest BCUT2D eigenvalue weighted by atomic mass is 10.3. The highest BCUT2D eigenvalue weighted by molar-refractivity contribution is 9.10. The Balaban J connectivity index is 2.33. The SMILES string of the molecule is CNc1ncc(Br)c(Oc2cc(OC)cc(OC)c2)n1. The molecule has 2 aromatic rings. The number of hydrogen-bond donors (Lipinski definition) is 1. The standard InChI is InChI=1S/C13H14BrN3O3/c1-15-13-16-7-11(14)12(17-13)20-10-5-8(18-2)4-9(6-10)19-3/h4-7H,1-3H3,(H,15,16,17). The Morgan fingerprint density at radius 2 is 1.65 bits per heavy atom. The molecule has 1 aromatic heterocycles. The molecule has 6 nitrogen and oxygen atoms in total. The van der Waals surface area contributed by atoms with Gasteiger partial charge in [0.1, 0.15) is 17.2 Å². The Kier molecular flexibility index (Phi) is 4.62. The molecule has 1 aromatic carbocycles. The summed E-state index contributed by atoms with van der Waals surface area (Å²) in [6.07, 6.45) is 1.62. The Labute approximate surface area is 125 Å². The molecule has 0 amide bonds. The van der Waals surface area contributed by atoms with Crippen LogP contribution in [0, 0.1) is 0 Å². The summed E-state index contributed by atoms with van der Waals surface area (Å²) in [7, 11) is 4.90.